The van der Waals surface area contributed by atoms with Gasteiger partial charge in [-0.25, -0.2) is 4.79 Å². The molecule has 2 atom stereocenters. The predicted molar refractivity (Wildman–Crippen MR) is 273 cm³/mol. The van der Waals surface area contributed by atoms with Crippen LogP contribution in [-0.4, -0.2) is 110 Å². The second-order valence-corrected chi connectivity index (χ2v) is 19.8. The molecule has 0 radical (unpaired) electrons. The van der Waals surface area contributed by atoms with Crippen molar-refractivity contribution >= 4 is 35.9 Å². The normalized spacial score (nSPS) is 12.3. The first-order valence-corrected chi connectivity index (χ1v) is 27.8. The third-order valence-electron chi connectivity index (χ3n) is 11.6. The summed E-state index contributed by atoms with van der Waals surface area (Å²) >= 11 is 0. The van der Waals surface area contributed by atoms with E-state index in [9.17, 15) is 33.9 Å². The molecule has 0 aliphatic carbocycles. The van der Waals surface area contributed by atoms with E-state index in [4.69, 9.17) is 33.2 Å². The van der Waals surface area contributed by atoms with Crippen LogP contribution in [0.5, 0.6) is 0 Å². The Morgan fingerprint density at radius 3 is 1.09 bits per heavy atom. The molecule has 2 unspecified atom stereocenters. The zero-order valence-electron chi connectivity index (χ0n) is 45.3. The lowest BCUT2D eigenvalue weighted by molar-refractivity contribution is -0.173. The lowest BCUT2D eigenvalue weighted by atomic mass is 10.1. The summed E-state index contributed by atoms with van der Waals surface area (Å²) < 4.78 is 39.0. The van der Waals surface area contributed by atoms with Gasteiger partial charge in [0.05, 0.1) is 6.61 Å². The van der Waals surface area contributed by atoms with Gasteiger partial charge in [-0.2, -0.15) is 0 Å². The highest BCUT2D eigenvalue weighted by Crippen LogP contribution is 2.16. The maximum Gasteiger partial charge on any atom is 0.410 e. The lowest BCUT2D eigenvalue weighted by Crippen LogP contribution is -2.38. The molecule has 0 aromatic carbocycles. The number of unbranched alkanes of at least 4 members (excludes halogenated alkanes) is 20. The lowest BCUT2D eigenvalue weighted by Gasteiger charge is -2.27. The number of carbonyl (C=O) groups excluding carboxylic acids is 6. The third kappa shape index (κ3) is 43.3. The molecule has 0 saturated heterocycles. The van der Waals surface area contributed by atoms with Crippen LogP contribution in [0.25, 0.3) is 0 Å². The van der Waals surface area contributed by atoms with Gasteiger partial charge in [-0.1, -0.05) is 156 Å². The van der Waals surface area contributed by atoms with Crippen LogP contribution < -0.4 is 0 Å². The smallest absolute Gasteiger partial charge is 0.410 e. The van der Waals surface area contributed by atoms with E-state index in [1.165, 1.54) is 17.7 Å². The van der Waals surface area contributed by atoms with E-state index in [1.54, 1.807) is 20.8 Å². The van der Waals surface area contributed by atoms with Gasteiger partial charge in [0.15, 0.2) is 18.5 Å². The summed E-state index contributed by atoms with van der Waals surface area (Å²) in [7, 11) is 0. The summed E-state index contributed by atoms with van der Waals surface area (Å²) in [6.45, 7) is 13.2. The molecule has 15 heteroatoms. The quantitative estimate of drug-likeness (QED) is 0.0262. The molecule has 1 N–H and O–H groups in total. The Kier molecular flexibility index (Phi) is 43.2. The largest absolute Gasteiger partial charge is 0.462 e. The molecule has 0 aliphatic heterocycles. The molecule has 0 aromatic rings. The van der Waals surface area contributed by atoms with Gasteiger partial charge in [0.1, 0.15) is 25.4 Å². The molecule has 0 spiro atoms. The average Bonchev–Trinajstić information content (AvgIpc) is 3.31. The van der Waals surface area contributed by atoms with Crippen LogP contribution in [0.1, 0.15) is 254 Å². The number of rotatable bonds is 47. The number of hydrogen-bond acceptors (Lipinski definition) is 14. The number of carbonyl (C=O) groups is 6. The Morgan fingerprint density at radius 2 is 0.729 bits per heavy atom. The van der Waals surface area contributed by atoms with Crippen LogP contribution in [0.4, 0.5) is 4.79 Å². The van der Waals surface area contributed by atoms with Gasteiger partial charge in [0.2, 0.25) is 0 Å². The molecule has 0 aliphatic rings. The van der Waals surface area contributed by atoms with Crippen molar-refractivity contribution in [1.29, 1.82) is 0 Å². The van der Waals surface area contributed by atoms with Crippen molar-refractivity contribution in [2.24, 2.45) is 0 Å². The van der Waals surface area contributed by atoms with E-state index in [-0.39, 0.29) is 90.4 Å². The van der Waals surface area contributed by atoms with Crippen molar-refractivity contribution < 1.29 is 67.0 Å². The summed E-state index contributed by atoms with van der Waals surface area (Å²) in [5.41, 5.74) is -0.807. The van der Waals surface area contributed by atoms with E-state index in [0.29, 0.717) is 25.7 Å². The van der Waals surface area contributed by atoms with Crippen LogP contribution in [0.3, 0.4) is 0 Å². The maximum absolute atomic E-state index is 13.3. The van der Waals surface area contributed by atoms with Gasteiger partial charge >= 0.3 is 35.9 Å². The first-order chi connectivity index (χ1) is 33.6. The highest BCUT2D eigenvalue weighted by molar-refractivity contribution is 5.72. The summed E-state index contributed by atoms with van der Waals surface area (Å²) in [6.07, 6.45) is 22.5. The number of ether oxygens (including phenoxy) is 7. The summed E-state index contributed by atoms with van der Waals surface area (Å²) in [6, 6.07) is 0. The molecule has 0 bridgehead atoms. The molecule has 0 saturated carbocycles. The number of aliphatic hydroxyl groups excluding tert-OH is 1. The summed E-state index contributed by atoms with van der Waals surface area (Å²) in [5, 5.41) is 10.5. The van der Waals surface area contributed by atoms with Crippen molar-refractivity contribution in [3.05, 3.63) is 0 Å². The minimum Gasteiger partial charge on any atom is -0.462 e. The molecule has 15 nitrogen and oxygen atoms in total. The SMILES string of the molecule is CCCCCCCCC(=O)OCC(COC(=O)CCCCCCCC)OC(=O)CCCN(CCCC(=O)OC(COC(=O)CCCCCCCC)COC(O)CCCCCCCC)C(=O)OC(C)(C)C. The van der Waals surface area contributed by atoms with Gasteiger partial charge in [-0.15, -0.1) is 0 Å². The Hall–Kier alpha value is -3.46. The van der Waals surface area contributed by atoms with Crippen LogP contribution in [0, 0.1) is 0 Å². The molecule has 0 fully saturated rings. The minimum atomic E-state index is -1.05. The summed E-state index contributed by atoms with van der Waals surface area (Å²) in [5.74, 6) is -2.41. The average molecular weight is 1000 g/mol. The van der Waals surface area contributed by atoms with Crippen molar-refractivity contribution in [2.45, 2.75) is 278 Å². The van der Waals surface area contributed by atoms with Crippen molar-refractivity contribution in [1.82, 2.24) is 4.90 Å². The molecular formula is C55H101NO14. The van der Waals surface area contributed by atoms with Crippen LogP contribution >= 0.6 is 0 Å². The maximum atomic E-state index is 13.3. The van der Waals surface area contributed by atoms with Gasteiger partial charge in [-0.05, 0) is 65.7 Å². The fourth-order valence-electron chi connectivity index (χ4n) is 7.50. The Labute approximate surface area is 424 Å². The zero-order chi connectivity index (χ0) is 52.1. The molecule has 0 rings (SSSR count). The van der Waals surface area contributed by atoms with E-state index < -0.39 is 54.1 Å². The van der Waals surface area contributed by atoms with E-state index in [0.717, 1.165) is 122 Å². The first kappa shape index (κ1) is 66.5. The fraction of sp³-hybridized carbons (Fsp3) is 0.891. The monoisotopic (exact) mass is 1000 g/mol. The molecule has 70 heavy (non-hydrogen) atoms. The number of amides is 1. The number of hydrogen-bond donors (Lipinski definition) is 1. The second kappa shape index (κ2) is 45.4. The third-order valence-corrected chi connectivity index (χ3v) is 11.6. The van der Waals surface area contributed by atoms with Crippen molar-refractivity contribution in [3.8, 4) is 0 Å². The highest BCUT2D eigenvalue weighted by atomic mass is 16.6. The van der Waals surface area contributed by atoms with Crippen LogP contribution in [0.15, 0.2) is 0 Å². The van der Waals surface area contributed by atoms with E-state index in [1.807, 2.05) is 0 Å². The van der Waals surface area contributed by atoms with Gasteiger partial charge in [0, 0.05) is 45.2 Å². The topological polar surface area (TPSA) is 190 Å². The van der Waals surface area contributed by atoms with E-state index in [2.05, 4.69) is 27.7 Å². The Balaban J connectivity index is 5.47. The Morgan fingerprint density at radius 1 is 0.414 bits per heavy atom. The van der Waals surface area contributed by atoms with Gasteiger partial charge in [-0.3, -0.25) is 24.0 Å². The van der Waals surface area contributed by atoms with Crippen molar-refractivity contribution in [2.75, 3.05) is 39.5 Å². The summed E-state index contributed by atoms with van der Waals surface area (Å²) in [4.78, 5) is 78.7. The number of nitrogens with zero attached hydrogens (tertiary/aromatic N) is 1. The molecule has 1 amide bonds. The zero-order valence-corrected chi connectivity index (χ0v) is 45.3. The van der Waals surface area contributed by atoms with E-state index >= 15 is 0 Å². The predicted octanol–water partition coefficient (Wildman–Crippen LogP) is 12.6. The number of aliphatic hydroxyl groups is 1. The fourth-order valence-corrected chi connectivity index (χ4v) is 7.50. The van der Waals surface area contributed by atoms with Gasteiger partial charge in [0.25, 0.3) is 0 Å². The van der Waals surface area contributed by atoms with Gasteiger partial charge < -0.3 is 43.2 Å². The first-order valence-electron chi connectivity index (χ1n) is 27.8. The second-order valence-electron chi connectivity index (χ2n) is 19.8. The molecule has 0 heterocycles. The highest BCUT2D eigenvalue weighted by Gasteiger charge is 2.25. The minimum absolute atomic E-state index is 0.0826. The molecule has 410 valence electrons. The van der Waals surface area contributed by atoms with Crippen LogP contribution in [0.2, 0.25) is 0 Å². The Bertz CT molecular complexity index is 1300. The molecule has 0 aromatic heterocycles. The standard InChI is InChI=1S/C55H101NO14/c1-8-12-16-20-24-28-34-48(57)64-42-46(43-65-49(58)35-29-25-21-17-13-9-2)68-52(61)38-32-40-56(54(63)70-55(5,6)7)41-33-39-53(62)69-47(44-66-50(59)36-30-26-22-18-14-10-3)45-67-51(60)37-31-27-23-19-15-11-4/h46-48,57H,8-45H2,1-7H3. The molecular weight excluding hydrogens is 899 g/mol. The van der Waals surface area contributed by atoms with Crippen LogP contribution in [-0.2, 0) is 57.1 Å². The van der Waals surface area contributed by atoms with Crippen molar-refractivity contribution in [3.63, 3.8) is 0 Å². The number of esters is 5.